The van der Waals surface area contributed by atoms with Crippen molar-refractivity contribution in [3.8, 4) is 11.5 Å². The summed E-state index contributed by atoms with van der Waals surface area (Å²) in [5.41, 5.74) is 1.26. The third-order valence-corrected chi connectivity index (χ3v) is 10.1. The van der Waals surface area contributed by atoms with Crippen molar-refractivity contribution in [1.82, 2.24) is 0 Å². The number of hydrogen-bond acceptors (Lipinski definition) is 2. The van der Waals surface area contributed by atoms with Gasteiger partial charge in [-0.15, -0.1) is 0 Å². The largest absolute Gasteiger partial charge is 0.492 e. The standard InChI is InChI=1S/C45H72O2/c1-4-6-8-10-12-14-16-18-20-22-24-26-30-36-46-44-40-32-28-29-33-41(40)45(43-38-39(3)34-35-42(43)44)47-37-31-27-25-23-21-19-17-15-13-11-9-7-5-2/h28-29,32-35,38H,4-27,30-31,36-37H2,1-3H3. The lowest BCUT2D eigenvalue weighted by atomic mass is 9.99. The van der Waals surface area contributed by atoms with Gasteiger partial charge in [-0.3, -0.25) is 0 Å². The molecule has 0 bridgehead atoms. The second kappa shape index (κ2) is 25.8. The van der Waals surface area contributed by atoms with Gasteiger partial charge in [0.1, 0.15) is 11.5 Å². The van der Waals surface area contributed by atoms with E-state index >= 15 is 0 Å². The van der Waals surface area contributed by atoms with E-state index in [1.165, 1.54) is 181 Å². The molecule has 0 fully saturated rings. The first-order valence-corrected chi connectivity index (χ1v) is 20.5. The number of fused-ring (bicyclic) bond motifs is 2. The summed E-state index contributed by atoms with van der Waals surface area (Å²) in [4.78, 5) is 0. The van der Waals surface area contributed by atoms with Crippen molar-refractivity contribution < 1.29 is 9.47 Å². The lowest BCUT2D eigenvalue weighted by Gasteiger charge is -2.18. The predicted molar refractivity (Wildman–Crippen MR) is 209 cm³/mol. The molecule has 2 nitrogen and oxygen atoms in total. The summed E-state index contributed by atoms with van der Waals surface area (Å²) >= 11 is 0. The normalized spacial score (nSPS) is 11.6. The second-order valence-electron chi connectivity index (χ2n) is 14.4. The van der Waals surface area contributed by atoms with E-state index in [9.17, 15) is 0 Å². The molecule has 3 aromatic carbocycles. The fraction of sp³-hybridized carbons (Fsp3) is 0.689. The summed E-state index contributed by atoms with van der Waals surface area (Å²) < 4.78 is 13.2. The van der Waals surface area contributed by atoms with E-state index < -0.39 is 0 Å². The lowest BCUT2D eigenvalue weighted by molar-refractivity contribution is 0.306. The minimum atomic E-state index is 0.782. The van der Waals surface area contributed by atoms with Crippen molar-refractivity contribution >= 4 is 21.5 Å². The Bertz CT molecular complexity index is 1200. The number of aryl methyl sites for hydroxylation is 1. The molecule has 3 rings (SSSR count). The number of benzene rings is 3. The van der Waals surface area contributed by atoms with Crippen LogP contribution >= 0.6 is 0 Å². The highest BCUT2D eigenvalue weighted by molar-refractivity contribution is 6.11. The quantitative estimate of drug-likeness (QED) is 0.0531. The molecule has 0 radical (unpaired) electrons. The zero-order valence-electron chi connectivity index (χ0n) is 31.2. The molecule has 0 aliphatic heterocycles. The van der Waals surface area contributed by atoms with Gasteiger partial charge in [0.15, 0.2) is 0 Å². The maximum Gasteiger partial charge on any atom is 0.135 e. The summed E-state index contributed by atoms with van der Waals surface area (Å²) in [6.07, 6.45) is 35.6. The van der Waals surface area contributed by atoms with Crippen molar-refractivity contribution in [2.24, 2.45) is 0 Å². The number of ether oxygens (including phenoxy) is 2. The molecular formula is C45H72O2. The zero-order valence-corrected chi connectivity index (χ0v) is 31.2. The molecule has 264 valence electrons. The van der Waals surface area contributed by atoms with Crippen LogP contribution in [0, 0.1) is 6.92 Å². The first-order chi connectivity index (χ1) is 23.3. The van der Waals surface area contributed by atoms with Crippen LogP contribution in [-0.4, -0.2) is 13.2 Å². The molecule has 0 aliphatic carbocycles. The van der Waals surface area contributed by atoms with Gasteiger partial charge in [0.2, 0.25) is 0 Å². The number of unbranched alkanes of at least 4 members (excludes halogenated alkanes) is 24. The van der Waals surface area contributed by atoms with Crippen LogP contribution in [0.1, 0.15) is 186 Å². The van der Waals surface area contributed by atoms with Gasteiger partial charge in [0, 0.05) is 21.5 Å². The van der Waals surface area contributed by atoms with Crippen LogP contribution in [0.15, 0.2) is 42.5 Å². The van der Waals surface area contributed by atoms with Gasteiger partial charge >= 0.3 is 0 Å². The molecule has 0 saturated carbocycles. The Balaban J connectivity index is 1.39. The van der Waals surface area contributed by atoms with E-state index in [0.29, 0.717) is 0 Å². The molecular weight excluding hydrogens is 572 g/mol. The lowest BCUT2D eigenvalue weighted by Crippen LogP contribution is -2.02. The Kier molecular flexibility index (Phi) is 21.5. The van der Waals surface area contributed by atoms with Crippen molar-refractivity contribution in [3.05, 3.63) is 48.0 Å². The highest BCUT2D eigenvalue weighted by atomic mass is 16.5. The predicted octanol–water partition coefficient (Wildman–Crippen LogP) is 15.2. The second-order valence-corrected chi connectivity index (χ2v) is 14.4. The van der Waals surface area contributed by atoms with Gasteiger partial charge in [-0.05, 0) is 25.8 Å². The maximum atomic E-state index is 6.61. The minimum Gasteiger partial charge on any atom is -0.492 e. The minimum absolute atomic E-state index is 0.782. The van der Waals surface area contributed by atoms with Crippen molar-refractivity contribution in [2.75, 3.05) is 13.2 Å². The average molecular weight is 645 g/mol. The van der Waals surface area contributed by atoms with Crippen molar-refractivity contribution in [1.29, 1.82) is 0 Å². The molecule has 0 atom stereocenters. The fourth-order valence-electron chi connectivity index (χ4n) is 7.11. The van der Waals surface area contributed by atoms with Crippen LogP contribution in [0.5, 0.6) is 11.5 Å². The van der Waals surface area contributed by atoms with E-state index in [1.54, 1.807) is 0 Å². The van der Waals surface area contributed by atoms with Crippen molar-refractivity contribution in [3.63, 3.8) is 0 Å². The van der Waals surface area contributed by atoms with E-state index in [0.717, 1.165) is 37.6 Å². The molecule has 0 amide bonds. The SMILES string of the molecule is CCCCCCCCCCCCCCCOc1c2ccccc2c(OCCCCCCCCCCCCCCC)c2cc(C)ccc12. The molecule has 0 unspecified atom stereocenters. The highest BCUT2D eigenvalue weighted by Gasteiger charge is 2.16. The summed E-state index contributed by atoms with van der Waals surface area (Å²) in [6, 6.07) is 15.5. The Morgan fingerprint density at radius 3 is 1.06 bits per heavy atom. The summed E-state index contributed by atoms with van der Waals surface area (Å²) in [7, 11) is 0. The zero-order chi connectivity index (χ0) is 33.2. The Morgan fingerprint density at radius 1 is 0.362 bits per heavy atom. The topological polar surface area (TPSA) is 18.5 Å². The molecule has 0 heterocycles. The molecule has 3 aromatic rings. The molecule has 2 heteroatoms. The molecule has 0 aromatic heterocycles. The van der Waals surface area contributed by atoms with Crippen LogP contribution in [0.25, 0.3) is 21.5 Å². The van der Waals surface area contributed by atoms with Crippen molar-refractivity contribution in [2.45, 2.75) is 188 Å². The van der Waals surface area contributed by atoms with E-state index in [-0.39, 0.29) is 0 Å². The molecule has 0 N–H and O–H groups in total. The molecule has 0 aliphatic rings. The van der Waals surface area contributed by atoms with E-state index in [2.05, 4.69) is 63.2 Å². The van der Waals surface area contributed by atoms with Gasteiger partial charge < -0.3 is 9.47 Å². The van der Waals surface area contributed by atoms with Gasteiger partial charge in [-0.25, -0.2) is 0 Å². The molecule has 0 saturated heterocycles. The summed E-state index contributed by atoms with van der Waals surface area (Å²) in [6.45, 7) is 8.34. The third kappa shape index (κ3) is 15.7. The maximum absolute atomic E-state index is 6.61. The highest BCUT2D eigenvalue weighted by Crippen LogP contribution is 2.43. The average Bonchev–Trinajstić information content (AvgIpc) is 3.09. The van der Waals surface area contributed by atoms with Gasteiger partial charge in [0.25, 0.3) is 0 Å². The van der Waals surface area contributed by atoms with E-state index in [1.807, 2.05) is 0 Å². The van der Waals surface area contributed by atoms with Gasteiger partial charge in [-0.1, -0.05) is 210 Å². The van der Waals surface area contributed by atoms with Crippen LogP contribution in [0.2, 0.25) is 0 Å². The monoisotopic (exact) mass is 645 g/mol. The number of rotatable bonds is 30. The first-order valence-electron chi connectivity index (χ1n) is 20.5. The first kappa shape index (κ1) is 39.2. The molecule has 47 heavy (non-hydrogen) atoms. The van der Waals surface area contributed by atoms with Gasteiger partial charge in [0.05, 0.1) is 13.2 Å². The van der Waals surface area contributed by atoms with Crippen LogP contribution in [-0.2, 0) is 0 Å². The Labute approximate surface area is 290 Å². The number of hydrogen-bond donors (Lipinski definition) is 0. The summed E-state index contributed by atoms with van der Waals surface area (Å²) in [5.74, 6) is 2.06. The van der Waals surface area contributed by atoms with Crippen LogP contribution in [0.3, 0.4) is 0 Å². The fourth-order valence-corrected chi connectivity index (χ4v) is 7.11. The molecule has 0 spiro atoms. The van der Waals surface area contributed by atoms with E-state index in [4.69, 9.17) is 9.47 Å². The van der Waals surface area contributed by atoms with Gasteiger partial charge in [-0.2, -0.15) is 0 Å². The Hall–Kier alpha value is -2.22. The third-order valence-electron chi connectivity index (χ3n) is 10.1. The smallest absolute Gasteiger partial charge is 0.135 e. The Morgan fingerprint density at radius 2 is 0.681 bits per heavy atom. The van der Waals surface area contributed by atoms with Crippen LogP contribution < -0.4 is 9.47 Å². The van der Waals surface area contributed by atoms with Crippen LogP contribution in [0.4, 0.5) is 0 Å². The summed E-state index contributed by atoms with van der Waals surface area (Å²) in [5, 5.41) is 4.74.